The van der Waals surface area contributed by atoms with E-state index in [0.717, 1.165) is 21.8 Å². The lowest BCUT2D eigenvalue weighted by atomic mass is 10.0. The van der Waals surface area contributed by atoms with E-state index < -0.39 is 35.9 Å². The molecule has 0 spiro atoms. The number of amides is 4. The number of methoxy groups -OCH3 is 2. The van der Waals surface area contributed by atoms with Gasteiger partial charge in [-0.15, -0.1) is 11.3 Å². The van der Waals surface area contributed by atoms with Crippen LogP contribution in [0.25, 0.3) is 0 Å². The minimum absolute atomic E-state index is 0.0313. The third-order valence-electron chi connectivity index (χ3n) is 5.50. The Kier molecular flexibility index (Phi) is 7.51. The van der Waals surface area contributed by atoms with Gasteiger partial charge in [0.05, 0.1) is 19.2 Å². The molecule has 1 fully saturated rings. The quantitative estimate of drug-likeness (QED) is 0.338. The Morgan fingerprint density at radius 1 is 1.19 bits per heavy atom. The van der Waals surface area contributed by atoms with Crippen molar-refractivity contribution >= 4 is 51.9 Å². The van der Waals surface area contributed by atoms with E-state index in [1.807, 2.05) is 6.07 Å². The highest BCUT2D eigenvalue weighted by atomic mass is 35.5. The second-order valence-corrected chi connectivity index (χ2v) is 8.97. The van der Waals surface area contributed by atoms with Crippen molar-refractivity contribution in [3.8, 4) is 5.75 Å². The number of anilines is 1. The number of carbonyl (C=O) groups excluding carboxylic acids is 4. The van der Waals surface area contributed by atoms with Crippen LogP contribution in [0.4, 0.5) is 9.93 Å². The SMILES string of the molecule is COC(=O)c1csc(NC(=O)[C@H](Cc2ccccc2)N2C(=O)NC(c3ccc(OC)c(Cl)c3)C2=O)n1. The first-order valence-electron chi connectivity index (χ1n) is 10.7. The maximum atomic E-state index is 13.4. The molecule has 0 saturated carbocycles. The summed E-state index contributed by atoms with van der Waals surface area (Å²) in [5, 5.41) is 7.08. The Morgan fingerprint density at radius 3 is 2.61 bits per heavy atom. The number of urea groups is 1. The topological polar surface area (TPSA) is 127 Å². The van der Waals surface area contributed by atoms with Crippen molar-refractivity contribution in [1.82, 2.24) is 15.2 Å². The second kappa shape index (κ2) is 10.8. The van der Waals surface area contributed by atoms with Crippen molar-refractivity contribution in [3.63, 3.8) is 0 Å². The molecule has 4 amide bonds. The van der Waals surface area contributed by atoms with Gasteiger partial charge in [-0.2, -0.15) is 0 Å². The Labute approximate surface area is 215 Å². The number of nitrogens with zero attached hydrogens (tertiary/aromatic N) is 2. The molecule has 1 unspecified atom stereocenters. The van der Waals surface area contributed by atoms with Crippen molar-refractivity contribution in [2.75, 3.05) is 19.5 Å². The first-order valence-corrected chi connectivity index (χ1v) is 11.9. The molecule has 0 radical (unpaired) electrons. The summed E-state index contributed by atoms with van der Waals surface area (Å²) in [5.41, 5.74) is 1.22. The molecule has 3 aromatic rings. The van der Waals surface area contributed by atoms with E-state index in [9.17, 15) is 19.2 Å². The zero-order valence-corrected chi connectivity index (χ0v) is 20.8. The van der Waals surface area contributed by atoms with Gasteiger partial charge in [0.1, 0.15) is 17.8 Å². The minimum atomic E-state index is -1.19. The van der Waals surface area contributed by atoms with E-state index in [-0.39, 0.29) is 22.3 Å². The summed E-state index contributed by atoms with van der Waals surface area (Å²) in [6, 6.07) is 10.8. The Hall–Kier alpha value is -3.96. The number of aromatic nitrogens is 1. The molecule has 2 atom stereocenters. The molecule has 0 aliphatic carbocycles. The average Bonchev–Trinajstić information content (AvgIpc) is 3.46. The highest BCUT2D eigenvalue weighted by Gasteiger charge is 2.45. The number of ether oxygens (including phenoxy) is 2. The Balaban J connectivity index is 1.62. The number of rotatable bonds is 8. The van der Waals surface area contributed by atoms with E-state index in [0.29, 0.717) is 11.3 Å². The summed E-state index contributed by atoms with van der Waals surface area (Å²) < 4.78 is 9.78. The van der Waals surface area contributed by atoms with Gasteiger partial charge in [0.2, 0.25) is 5.91 Å². The predicted octanol–water partition coefficient (Wildman–Crippen LogP) is 3.43. The average molecular weight is 529 g/mol. The van der Waals surface area contributed by atoms with Crippen molar-refractivity contribution < 1.29 is 28.7 Å². The van der Waals surface area contributed by atoms with Crippen LogP contribution in [0.1, 0.15) is 27.7 Å². The van der Waals surface area contributed by atoms with Crippen LogP contribution >= 0.6 is 22.9 Å². The van der Waals surface area contributed by atoms with Crippen molar-refractivity contribution in [2.45, 2.75) is 18.5 Å². The molecule has 1 aliphatic rings. The van der Waals surface area contributed by atoms with Crippen LogP contribution in [-0.2, 0) is 20.7 Å². The van der Waals surface area contributed by atoms with Crippen LogP contribution < -0.4 is 15.4 Å². The van der Waals surface area contributed by atoms with Gasteiger partial charge >= 0.3 is 12.0 Å². The number of hydrogen-bond donors (Lipinski definition) is 2. The zero-order valence-electron chi connectivity index (χ0n) is 19.2. The largest absolute Gasteiger partial charge is 0.495 e. The van der Waals surface area contributed by atoms with E-state index >= 15 is 0 Å². The van der Waals surface area contributed by atoms with E-state index in [1.165, 1.54) is 25.7 Å². The maximum Gasteiger partial charge on any atom is 0.357 e. The molecule has 0 bridgehead atoms. The number of carbonyl (C=O) groups is 4. The first-order chi connectivity index (χ1) is 17.3. The molecule has 2 N–H and O–H groups in total. The van der Waals surface area contributed by atoms with Gasteiger partial charge in [-0.3, -0.25) is 9.59 Å². The lowest BCUT2D eigenvalue weighted by molar-refractivity contribution is -0.134. The third-order valence-corrected chi connectivity index (χ3v) is 6.55. The van der Waals surface area contributed by atoms with E-state index in [1.54, 1.807) is 36.4 Å². The van der Waals surface area contributed by atoms with Crippen molar-refractivity contribution in [3.05, 3.63) is 75.8 Å². The summed E-state index contributed by atoms with van der Waals surface area (Å²) in [6.45, 7) is 0. The lowest BCUT2D eigenvalue weighted by Crippen LogP contribution is -2.49. The van der Waals surface area contributed by atoms with Crippen LogP contribution in [0.3, 0.4) is 0 Å². The summed E-state index contributed by atoms with van der Waals surface area (Å²) in [4.78, 5) is 56.4. The normalized spacial score (nSPS) is 15.9. The molecule has 36 heavy (non-hydrogen) atoms. The summed E-state index contributed by atoms with van der Waals surface area (Å²) >= 11 is 7.23. The van der Waals surface area contributed by atoms with Gasteiger partial charge in [-0.25, -0.2) is 19.5 Å². The molecule has 12 heteroatoms. The number of esters is 1. The third kappa shape index (κ3) is 5.16. The summed E-state index contributed by atoms with van der Waals surface area (Å²) in [6.07, 6.45) is 0.0666. The summed E-state index contributed by atoms with van der Waals surface area (Å²) in [7, 11) is 2.69. The molecule has 186 valence electrons. The fourth-order valence-electron chi connectivity index (χ4n) is 3.73. The summed E-state index contributed by atoms with van der Waals surface area (Å²) in [5.74, 6) is -1.47. The van der Waals surface area contributed by atoms with Crippen molar-refractivity contribution in [2.24, 2.45) is 0 Å². The number of imide groups is 1. The molecular formula is C24H21ClN4O6S. The van der Waals surface area contributed by atoms with E-state index in [4.69, 9.17) is 16.3 Å². The molecule has 1 saturated heterocycles. The Morgan fingerprint density at radius 2 is 1.94 bits per heavy atom. The number of thiazole rings is 1. The van der Waals surface area contributed by atoms with Crippen LogP contribution in [0, 0.1) is 0 Å². The fraction of sp³-hybridized carbons (Fsp3) is 0.208. The first kappa shape index (κ1) is 25.1. The second-order valence-electron chi connectivity index (χ2n) is 7.71. The maximum absolute atomic E-state index is 13.4. The monoisotopic (exact) mass is 528 g/mol. The highest BCUT2D eigenvalue weighted by molar-refractivity contribution is 7.14. The smallest absolute Gasteiger partial charge is 0.357 e. The number of benzene rings is 2. The van der Waals surface area contributed by atoms with Gasteiger partial charge in [0, 0.05) is 11.8 Å². The standard InChI is InChI=1S/C24H21ClN4O6S/c1-34-18-9-8-14(11-15(18)25)19-21(31)29(24(33)27-19)17(10-13-6-4-3-5-7-13)20(30)28-23-26-16(12-36-23)22(32)35-2/h3-9,11-12,17,19H,10H2,1-2H3,(H,27,33)(H,26,28,30)/t17-,19?/m0/s1. The molecule has 2 heterocycles. The van der Waals surface area contributed by atoms with Gasteiger partial charge in [0.25, 0.3) is 5.91 Å². The number of hydrogen-bond acceptors (Lipinski definition) is 8. The van der Waals surface area contributed by atoms with Crippen LogP contribution in [0.2, 0.25) is 5.02 Å². The Bertz CT molecular complexity index is 1310. The number of halogens is 1. The van der Waals surface area contributed by atoms with Gasteiger partial charge in [-0.1, -0.05) is 48.0 Å². The molecule has 1 aromatic heterocycles. The van der Waals surface area contributed by atoms with Gasteiger partial charge < -0.3 is 20.1 Å². The lowest BCUT2D eigenvalue weighted by Gasteiger charge is -2.24. The zero-order chi connectivity index (χ0) is 25.8. The molecule has 4 rings (SSSR count). The number of nitrogens with one attached hydrogen (secondary N) is 2. The highest BCUT2D eigenvalue weighted by Crippen LogP contribution is 2.31. The molecular weight excluding hydrogens is 508 g/mol. The predicted molar refractivity (Wildman–Crippen MR) is 132 cm³/mol. The minimum Gasteiger partial charge on any atom is -0.495 e. The molecule has 2 aromatic carbocycles. The molecule has 1 aliphatic heterocycles. The molecule has 10 nitrogen and oxygen atoms in total. The van der Waals surface area contributed by atoms with Crippen LogP contribution in [0.5, 0.6) is 5.75 Å². The van der Waals surface area contributed by atoms with Gasteiger partial charge in [-0.05, 0) is 23.3 Å². The van der Waals surface area contributed by atoms with Crippen LogP contribution in [0.15, 0.2) is 53.9 Å². The van der Waals surface area contributed by atoms with Crippen molar-refractivity contribution in [1.29, 1.82) is 0 Å². The van der Waals surface area contributed by atoms with E-state index in [2.05, 4.69) is 20.4 Å². The van der Waals surface area contributed by atoms with Gasteiger partial charge in [0.15, 0.2) is 10.8 Å². The van der Waals surface area contributed by atoms with Crippen LogP contribution in [-0.4, -0.2) is 54.0 Å². The fourth-order valence-corrected chi connectivity index (χ4v) is 4.68.